The number of methoxy groups -OCH3 is 1. The molecule has 0 aliphatic rings. The molecule has 0 unspecified atom stereocenters. The molecule has 2 aromatic rings. The van der Waals surface area contributed by atoms with Gasteiger partial charge in [-0.25, -0.2) is 0 Å². The summed E-state index contributed by atoms with van der Waals surface area (Å²) in [7, 11) is 10.2. The molecule has 30 heavy (non-hydrogen) atoms. The van der Waals surface area contributed by atoms with Gasteiger partial charge in [-0.3, -0.25) is 4.90 Å². The first-order chi connectivity index (χ1) is 14.5. The van der Waals surface area contributed by atoms with Crippen LogP contribution < -0.4 is 9.47 Å². The molecule has 0 saturated carbocycles. The summed E-state index contributed by atoms with van der Waals surface area (Å²) >= 11 is 0. The molecule has 0 aliphatic carbocycles. The van der Waals surface area contributed by atoms with Crippen molar-refractivity contribution < 1.29 is 9.47 Å². The second-order valence-electron chi connectivity index (χ2n) is 8.35. The largest absolute Gasteiger partial charge is 0.493 e. The highest BCUT2D eigenvalue weighted by Crippen LogP contribution is 2.29. The van der Waals surface area contributed by atoms with E-state index in [1.54, 1.807) is 7.11 Å². The standard InChI is InChI=1S/C25H39N3O2/c1-26(2)15-9-17-28(18-10-16-27(3)4)20-23-13-14-24(25(19-23)29-5)30-21-22-11-7-6-8-12-22/h6-8,11-14,19H,9-10,15-18,20-21H2,1-5H3. The molecule has 0 atom stereocenters. The lowest BCUT2D eigenvalue weighted by molar-refractivity contribution is 0.233. The van der Waals surface area contributed by atoms with Gasteiger partial charge in [0.05, 0.1) is 7.11 Å². The van der Waals surface area contributed by atoms with Gasteiger partial charge in [-0.2, -0.15) is 0 Å². The van der Waals surface area contributed by atoms with Crippen LogP contribution in [-0.2, 0) is 13.2 Å². The van der Waals surface area contributed by atoms with E-state index in [9.17, 15) is 0 Å². The van der Waals surface area contributed by atoms with Crippen molar-refractivity contribution in [3.63, 3.8) is 0 Å². The molecule has 0 N–H and O–H groups in total. The third kappa shape index (κ3) is 9.16. The molecule has 0 saturated heterocycles. The van der Waals surface area contributed by atoms with Crippen LogP contribution in [0.1, 0.15) is 24.0 Å². The summed E-state index contributed by atoms with van der Waals surface area (Å²) in [5.74, 6) is 1.59. The molecule has 0 amide bonds. The Bertz CT molecular complexity index is 706. The number of nitrogens with zero attached hydrogens (tertiary/aromatic N) is 3. The topological polar surface area (TPSA) is 28.2 Å². The van der Waals surface area contributed by atoms with E-state index in [2.05, 4.69) is 67.2 Å². The summed E-state index contributed by atoms with van der Waals surface area (Å²) in [6, 6.07) is 16.5. The first-order valence-electron chi connectivity index (χ1n) is 10.8. The summed E-state index contributed by atoms with van der Waals surface area (Å²) in [5.41, 5.74) is 2.41. The monoisotopic (exact) mass is 413 g/mol. The van der Waals surface area contributed by atoms with Crippen LogP contribution >= 0.6 is 0 Å². The Balaban J connectivity index is 1.99. The van der Waals surface area contributed by atoms with Gasteiger partial charge >= 0.3 is 0 Å². The number of rotatable bonds is 14. The third-order valence-electron chi connectivity index (χ3n) is 5.03. The van der Waals surface area contributed by atoms with Gasteiger partial charge < -0.3 is 19.3 Å². The molecule has 0 fully saturated rings. The maximum Gasteiger partial charge on any atom is 0.161 e. The Labute approximate surface area is 183 Å². The highest BCUT2D eigenvalue weighted by molar-refractivity contribution is 5.43. The minimum absolute atomic E-state index is 0.539. The maximum absolute atomic E-state index is 6.01. The Morgan fingerprint density at radius 3 is 1.90 bits per heavy atom. The summed E-state index contributed by atoms with van der Waals surface area (Å²) in [5, 5.41) is 0. The van der Waals surface area contributed by atoms with E-state index < -0.39 is 0 Å². The minimum atomic E-state index is 0.539. The number of ether oxygens (including phenoxy) is 2. The quantitative estimate of drug-likeness (QED) is 0.467. The number of hydrogen-bond donors (Lipinski definition) is 0. The summed E-state index contributed by atoms with van der Waals surface area (Å²) < 4.78 is 11.6. The first-order valence-corrected chi connectivity index (χ1v) is 10.8. The van der Waals surface area contributed by atoms with E-state index in [1.807, 2.05) is 24.3 Å². The van der Waals surface area contributed by atoms with Crippen LogP contribution in [0.25, 0.3) is 0 Å². The van der Waals surface area contributed by atoms with Gasteiger partial charge in [-0.15, -0.1) is 0 Å². The predicted molar refractivity (Wildman–Crippen MR) is 125 cm³/mol. The van der Waals surface area contributed by atoms with E-state index in [0.29, 0.717) is 6.61 Å². The predicted octanol–water partition coefficient (Wildman–Crippen LogP) is 3.98. The lowest BCUT2D eigenvalue weighted by Gasteiger charge is -2.24. The maximum atomic E-state index is 6.01. The third-order valence-corrected chi connectivity index (χ3v) is 5.03. The molecular weight excluding hydrogens is 374 g/mol. The van der Waals surface area contributed by atoms with Crippen LogP contribution in [0, 0.1) is 0 Å². The highest BCUT2D eigenvalue weighted by atomic mass is 16.5. The Hall–Kier alpha value is -2.08. The van der Waals surface area contributed by atoms with Crippen molar-refractivity contribution in [1.82, 2.24) is 14.7 Å². The Morgan fingerprint density at radius 2 is 1.33 bits per heavy atom. The van der Waals surface area contributed by atoms with Crippen molar-refractivity contribution in [2.45, 2.75) is 26.0 Å². The average Bonchev–Trinajstić information content (AvgIpc) is 2.72. The molecule has 166 valence electrons. The number of hydrogen-bond acceptors (Lipinski definition) is 5. The van der Waals surface area contributed by atoms with Crippen molar-refractivity contribution in [1.29, 1.82) is 0 Å². The SMILES string of the molecule is COc1cc(CN(CCCN(C)C)CCCN(C)C)ccc1OCc1ccccc1. The van der Waals surface area contributed by atoms with E-state index in [-0.39, 0.29) is 0 Å². The van der Waals surface area contributed by atoms with Gasteiger partial charge in [0, 0.05) is 6.54 Å². The number of benzene rings is 2. The van der Waals surface area contributed by atoms with Crippen molar-refractivity contribution in [2.24, 2.45) is 0 Å². The summed E-state index contributed by atoms with van der Waals surface area (Å²) in [4.78, 5) is 7.05. The van der Waals surface area contributed by atoms with Crippen LogP contribution in [-0.4, -0.2) is 76.2 Å². The molecule has 2 rings (SSSR count). The van der Waals surface area contributed by atoms with Gasteiger partial charge in [0.15, 0.2) is 11.5 Å². The molecular formula is C25H39N3O2. The van der Waals surface area contributed by atoms with Crippen LogP contribution in [0.3, 0.4) is 0 Å². The highest BCUT2D eigenvalue weighted by Gasteiger charge is 2.11. The molecule has 5 heteroatoms. The van der Waals surface area contributed by atoms with Crippen LogP contribution in [0.5, 0.6) is 11.5 Å². The van der Waals surface area contributed by atoms with E-state index in [4.69, 9.17) is 9.47 Å². The van der Waals surface area contributed by atoms with Gasteiger partial charge in [-0.1, -0.05) is 36.4 Å². The zero-order valence-electron chi connectivity index (χ0n) is 19.4. The zero-order chi connectivity index (χ0) is 21.8. The second kappa shape index (κ2) is 13.3. The zero-order valence-corrected chi connectivity index (χ0v) is 19.4. The lowest BCUT2D eigenvalue weighted by atomic mass is 10.1. The van der Waals surface area contributed by atoms with Crippen molar-refractivity contribution >= 4 is 0 Å². The van der Waals surface area contributed by atoms with Crippen LogP contribution in [0.15, 0.2) is 48.5 Å². The summed E-state index contributed by atoms with van der Waals surface area (Å²) in [6.45, 7) is 5.88. The van der Waals surface area contributed by atoms with Gasteiger partial charge in [0.2, 0.25) is 0 Å². The fourth-order valence-electron chi connectivity index (χ4n) is 3.41. The Morgan fingerprint density at radius 1 is 0.700 bits per heavy atom. The van der Waals surface area contributed by atoms with E-state index >= 15 is 0 Å². The minimum Gasteiger partial charge on any atom is -0.493 e. The van der Waals surface area contributed by atoms with Crippen molar-refractivity contribution in [3.8, 4) is 11.5 Å². The molecule has 0 bridgehead atoms. The fourth-order valence-corrected chi connectivity index (χ4v) is 3.41. The van der Waals surface area contributed by atoms with E-state index in [0.717, 1.165) is 49.8 Å². The molecule has 0 aromatic heterocycles. The Kier molecular flexibility index (Phi) is 10.7. The lowest BCUT2D eigenvalue weighted by Crippen LogP contribution is -2.30. The second-order valence-corrected chi connectivity index (χ2v) is 8.35. The molecule has 0 radical (unpaired) electrons. The van der Waals surface area contributed by atoms with Crippen LogP contribution in [0.2, 0.25) is 0 Å². The molecule has 0 heterocycles. The first kappa shape index (κ1) is 24.2. The average molecular weight is 414 g/mol. The molecule has 5 nitrogen and oxygen atoms in total. The smallest absolute Gasteiger partial charge is 0.161 e. The van der Waals surface area contributed by atoms with Crippen LogP contribution in [0.4, 0.5) is 0 Å². The van der Waals surface area contributed by atoms with Gasteiger partial charge in [0.1, 0.15) is 6.61 Å². The molecule has 0 spiro atoms. The van der Waals surface area contributed by atoms with Gasteiger partial charge in [-0.05, 0) is 90.5 Å². The molecule has 0 aliphatic heterocycles. The van der Waals surface area contributed by atoms with E-state index in [1.165, 1.54) is 18.4 Å². The molecule has 2 aromatic carbocycles. The summed E-state index contributed by atoms with van der Waals surface area (Å²) in [6.07, 6.45) is 2.34. The van der Waals surface area contributed by atoms with Crippen molar-refractivity contribution in [2.75, 3.05) is 61.5 Å². The normalized spacial score (nSPS) is 11.5. The van der Waals surface area contributed by atoms with Crippen molar-refractivity contribution in [3.05, 3.63) is 59.7 Å². The fraction of sp³-hybridized carbons (Fsp3) is 0.520. The van der Waals surface area contributed by atoms with Gasteiger partial charge in [0.25, 0.3) is 0 Å².